The highest BCUT2D eigenvalue weighted by molar-refractivity contribution is 6.16. The molecule has 78 valence electrons. The van der Waals surface area contributed by atoms with E-state index in [9.17, 15) is 4.79 Å². The van der Waals surface area contributed by atoms with Gasteiger partial charge in [-0.15, -0.1) is 11.6 Å². The molecule has 0 saturated heterocycles. The van der Waals surface area contributed by atoms with Crippen LogP contribution in [0.4, 0.5) is 0 Å². The summed E-state index contributed by atoms with van der Waals surface area (Å²) in [5.74, 6) is 0.714. The van der Waals surface area contributed by atoms with Crippen LogP contribution in [0.2, 0.25) is 0 Å². The van der Waals surface area contributed by atoms with Crippen molar-refractivity contribution >= 4 is 11.6 Å². The van der Waals surface area contributed by atoms with E-state index in [1.165, 1.54) is 6.07 Å². The Hall–Kier alpha value is -1.62. The number of rotatable bonds is 2. The van der Waals surface area contributed by atoms with Gasteiger partial charge in [0, 0.05) is 18.0 Å². The first-order valence-corrected chi connectivity index (χ1v) is 4.82. The molecular formula is C9H8ClN3O2. The molecule has 0 bridgehead atoms. The zero-order valence-electron chi connectivity index (χ0n) is 7.95. The van der Waals surface area contributed by atoms with Gasteiger partial charge in [-0.25, -0.2) is 0 Å². The zero-order valence-corrected chi connectivity index (χ0v) is 8.71. The van der Waals surface area contributed by atoms with Crippen molar-refractivity contribution in [1.82, 2.24) is 15.1 Å². The first kappa shape index (κ1) is 9.92. The van der Waals surface area contributed by atoms with Gasteiger partial charge in [0.05, 0.1) is 5.88 Å². The summed E-state index contributed by atoms with van der Waals surface area (Å²) in [5.41, 5.74) is 0.973. The standard InChI is InChI=1S/C9H8ClN3O2/c1-5-2-7(14)6(4-11-5)9-12-8(3-10)13-15-9/h2,4H,3H2,1H3,(H,11,14). The van der Waals surface area contributed by atoms with E-state index in [1.54, 1.807) is 13.1 Å². The summed E-state index contributed by atoms with van der Waals surface area (Å²) in [6.07, 6.45) is 1.54. The molecule has 0 aliphatic heterocycles. The molecule has 0 unspecified atom stereocenters. The van der Waals surface area contributed by atoms with Crippen molar-refractivity contribution in [3.05, 3.63) is 34.0 Å². The Morgan fingerprint density at radius 1 is 1.60 bits per heavy atom. The van der Waals surface area contributed by atoms with Crippen LogP contribution in [0.1, 0.15) is 11.5 Å². The van der Waals surface area contributed by atoms with Crippen LogP contribution in [-0.2, 0) is 5.88 Å². The van der Waals surface area contributed by atoms with Crippen molar-refractivity contribution in [1.29, 1.82) is 0 Å². The Kier molecular flexibility index (Phi) is 2.55. The maximum atomic E-state index is 11.6. The Labute approximate surface area is 90.1 Å². The van der Waals surface area contributed by atoms with Crippen LogP contribution in [-0.4, -0.2) is 15.1 Å². The number of H-pyrrole nitrogens is 1. The van der Waals surface area contributed by atoms with E-state index in [0.29, 0.717) is 11.4 Å². The number of nitrogens with one attached hydrogen (secondary N) is 1. The number of halogens is 1. The first-order chi connectivity index (χ1) is 7.20. The number of alkyl halides is 1. The van der Waals surface area contributed by atoms with Crippen molar-refractivity contribution in [2.24, 2.45) is 0 Å². The van der Waals surface area contributed by atoms with Crippen LogP contribution >= 0.6 is 11.6 Å². The van der Waals surface area contributed by atoms with Gasteiger partial charge >= 0.3 is 0 Å². The maximum Gasteiger partial charge on any atom is 0.263 e. The summed E-state index contributed by atoms with van der Waals surface area (Å²) in [6.45, 7) is 1.79. The molecule has 1 N–H and O–H groups in total. The minimum absolute atomic E-state index is 0.156. The van der Waals surface area contributed by atoms with E-state index < -0.39 is 0 Å². The number of nitrogens with zero attached hydrogens (tertiary/aromatic N) is 2. The number of hydrogen-bond acceptors (Lipinski definition) is 4. The molecule has 0 aliphatic rings. The van der Waals surface area contributed by atoms with Gasteiger partial charge < -0.3 is 9.51 Å². The fraction of sp³-hybridized carbons (Fsp3) is 0.222. The SMILES string of the molecule is Cc1cc(=O)c(-c2nc(CCl)no2)c[nH]1. The second kappa shape index (κ2) is 3.86. The maximum absolute atomic E-state index is 11.6. The lowest BCUT2D eigenvalue weighted by Crippen LogP contribution is -2.05. The Balaban J connectivity index is 2.49. The third-order valence-electron chi connectivity index (χ3n) is 1.88. The summed E-state index contributed by atoms with van der Waals surface area (Å²) in [6, 6.07) is 1.47. The second-order valence-corrected chi connectivity index (χ2v) is 3.31. The topological polar surface area (TPSA) is 71.8 Å². The molecule has 0 aromatic carbocycles. The Bertz CT molecular complexity index is 532. The molecule has 0 amide bonds. The van der Waals surface area contributed by atoms with Crippen LogP contribution < -0.4 is 5.43 Å². The van der Waals surface area contributed by atoms with Crippen LogP contribution in [0.3, 0.4) is 0 Å². The van der Waals surface area contributed by atoms with Crippen LogP contribution in [0.25, 0.3) is 11.5 Å². The lowest BCUT2D eigenvalue weighted by atomic mass is 10.2. The summed E-state index contributed by atoms with van der Waals surface area (Å²) in [4.78, 5) is 18.4. The second-order valence-electron chi connectivity index (χ2n) is 3.04. The molecule has 0 atom stereocenters. The molecule has 2 aromatic heterocycles. The summed E-state index contributed by atoms with van der Waals surface area (Å²) in [7, 11) is 0. The summed E-state index contributed by atoms with van der Waals surface area (Å²) in [5, 5.41) is 3.60. The van der Waals surface area contributed by atoms with Gasteiger partial charge in [-0.1, -0.05) is 5.16 Å². The van der Waals surface area contributed by atoms with Gasteiger partial charge in [0.15, 0.2) is 11.3 Å². The molecule has 2 heterocycles. The van der Waals surface area contributed by atoms with Crippen molar-refractivity contribution in [2.45, 2.75) is 12.8 Å². The molecule has 2 aromatic rings. The fourth-order valence-corrected chi connectivity index (χ4v) is 1.27. The van der Waals surface area contributed by atoms with Crippen LogP contribution in [0.15, 0.2) is 21.6 Å². The number of aryl methyl sites for hydroxylation is 1. The lowest BCUT2D eigenvalue weighted by Gasteiger charge is -1.94. The molecular weight excluding hydrogens is 218 g/mol. The molecule has 0 aliphatic carbocycles. The van der Waals surface area contributed by atoms with Gasteiger partial charge in [0.1, 0.15) is 5.56 Å². The largest absolute Gasteiger partial charge is 0.364 e. The average molecular weight is 226 g/mol. The first-order valence-electron chi connectivity index (χ1n) is 4.29. The Morgan fingerprint density at radius 2 is 2.40 bits per heavy atom. The highest BCUT2D eigenvalue weighted by atomic mass is 35.5. The van der Waals surface area contributed by atoms with Crippen molar-refractivity contribution < 1.29 is 4.52 Å². The lowest BCUT2D eigenvalue weighted by molar-refractivity contribution is 0.424. The van der Waals surface area contributed by atoms with E-state index >= 15 is 0 Å². The molecule has 0 spiro atoms. The molecule has 5 nitrogen and oxygen atoms in total. The third-order valence-corrected chi connectivity index (χ3v) is 2.11. The van der Waals surface area contributed by atoms with Gasteiger partial charge in [-0.2, -0.15) is 4.98 Å². The van der Waals surface area contributed by atoms with E-state index in [-0.39, 0.29) is 17.2 Å². The third kappa shape index (κ3) is 1.92. The average Bonchev–Trinajstić information content (AvgIpc) is 2.66. The van der Waals surface area contributed by atoms with Gasteiger partial charge in [-0.05, 0) is 6.92 Å². The normalized spacial score (nSPS) is 10.5. The molecule has 0 saturated carbocycles. The van der Waals surface area contributed by atoms with Crippen molar-refractivity contribution in [3.63, 3.8) is 0 Å². The fourth-order valence-electron chi connectivity index (χ4n) is 1.16. The number of aromatic amines is 1. The van der Waals surface area contributed by atoms with Crippen LogP contribution in [0.5, 0.6) is 0 Å². The van der Waals surface area contributed by atoms with Gasteiger partial charge in [0.2, 0.25) is 0 Å². The van der Waals surface area contributed by atoms with Crippen molar-refractivity contribution in [2.75, 3.05) is 0 Å². The highest BCUT2D eigenvalue weighted by Gasteiger charge is 2.11. The predicted molar refractivity (Wildman–Crippen MR) is 54.6 cm³/mol. The van der Waals surface area contributed by atoms with Crippen LogP contribution in [0, 0.1) is 6.92 Å². The predicted octanol–water partition coefficient (Wildman–Crippen LogP) is 1.47. The smallest absolute Gasteiger partial charge is 0.263 e. The van der Waals surface area contributed by atoms with Crippen molar-refractivity contribution in [3.8, 4) is 11.5 Å². The van der Waals surface area contributed by atoms with Gasteiger partial charge in [0.25, 0.3) is 5.89 Å². The zero-order chi connectivity index (χ0) is 10.8. The van der Waals surface area contributed by atoms with E-state index in [0.717, 1.165) is 5.69 Å². The summed E-state index contributed by atoms with van der Waals surface area (Å²) >= 11 is 5.52. The molecule has 0 fully saturated rings. The Morgan fingerprint density at radius 3 is 3.00 bits per heavy atom. The van der Waals surface area contributed by atoms with E-state index in [1.807, 2.05) is 0 Å². The quantitative estimate of drug-likeness (QED) is 0.786. The number of hydrogen-bond donors (Lipinski definition) is 1. The minimum atomic E-state index is -0.156. The number of pyridine rings is 1. The minimum Gasteiger partial charge on any atom is -0.364 e. The van der Waals surface area contributed by atoms with E-state index in [4.69, 9.17) is 16.1 Å². The molecule has 2 rings (SSSR count). The van der Waals surface area contributed by atoms with Gasteiger partial charge in [-0.3, -0.25) is 4.79 Å². The molecule has 6 heteroatoms. The molecule has 0 radical (unpaired) electrons. The highest BCUT2D eigenvalue weighted by Crippen LogP contribution is 2.12. The molecule has 15 heavy (non-hydrogen) atoms. The monoisotopic (exact) mass is 225 g/mol. The summed E-state index contributed by atoms with van der Waals surface area (Å²) < 4.78 is 4.90. The number of aromatic nitrogens is 3. The van der Waals surface area contributed by atoms with E-state index in [2.05, 4.69) is 15.1 Å².